The van der Waals surface area contributed by atoms with Crippen molar-refractivity contribution in [1.82, 2.24) is 4.90 Å². The van der Waals surface area contributed by atoms with Gasteiger partial charge in [0, 0.05) is 17.5 Å². The Labute approximate surface area is 230 Å². The molecule has 0 saturated carbocycles. The fourth-order valence-electron chi connectivity index (χ4n) is 6.45. The minimum atomic E-state index is -1.19. The van der Waals surface area contributed by atoms with E-state index in [1.807, 2.05) is 48.5 Å². The predicted molar refractivity (Wildman–Crippen MR) is 142 cm³/mol. The number of hydrogen-bond acceptors (Lipinski definition) is 7. The lowest BCUT2D eigenvalue weighted by atomic mass is 9.55. The van der Waals surface area contributed by atoms with Crippen molar-refractivity contribution in [2.24, 2.45) is 11.8 Å². The lowest BCUT2D eigenvalue weighted by molar-refractivity contribution is -0.159. The lowest BCUT2D eigenvalue weighted by Gasteiger charge is -2.45. The molecule has 0 aromatic heterocycles. The van der Waals surface area contributed by atoms with Crippen molar-refractivity contribution < 1.29 is 33.4 Å². The summed E-state index contributed by atoms with van der Waals surface area (Å²) in [4.78, 5) is 65.5. The highest BCUT2D eigenvalue weighted by atomic mass is 16.5. The van der Waals surface area contributed by atoms with Crippen LogP contribution in [0, 0.1) is 11.8 Å². The topological polar surface area (TPSA) is 119 Å². The Morgan fingerprint density at radius 2 is 1.27 bits per heavy atom. The molecule has 3 amide bonds. The molecule has 202 valence electrons. The van der Waals surface area contributed by atoms with E-state index in [1.165, 1.54) is 38.3 Å². The van der Waals surface area contributed by atoms with Crippen LogP contribution in [0.2, 0.25) is 0 Å². The zero-order chi connectivity index (χ0) is 28.1. The zero-order valence-electron chi connectivity index (χ0n) is 21.8. The number of nitrogens with zero attached hydrogens (tertiary/aromatic N) is 1. The molecule has 1 aliphatic heterocycles. The second-order valence-electron chi connectivity index (χ2n) is 10.2. The van der Waals surface area contributed by atoms with Crippen LogP contribution < -0.4 is 5.32 Å². The number of hydrogen-bond donors (Lipinski definition) is 1. The molecule has 3 aliphatic carbocycles. The second kappa shape index (κ2) is 9.75. The summed E-state index contributed by atoms with van der Waals surface area (Å²) in [5, 5.41) is 2.57. The quantitative estimate of drug-likeness (QED) is 0.378. The minimum Gasteiger partial charge on any atom is -0.465 e. The smallest absolute Gasteiger partial charge is 0.337 e. The maximum absolute atomic E-state index is 13.8. The maximum atomic E-state index is 13.8. The summed E-state index contributed by atoms with van der Waals surface area (Å²) < 4.78 is 9.85. The Balaban J connectivity index is 1.16. The number of carbonyl (C=O) groups excluding carboxylic acids is 5. The zero-order valence-corrected chi connectivity index (χ0v) is 21.8. The summed E-state index contributed by atoms with van der Waals surface area (Å²) in [5.74, 6) is -4.51. The van der Waals surface area contributed by atoms with Gasteiger partial charge in [0.25, 0.3) is 5.91 Å². The van der Waals surface area contributed by atoms with Crippen LogP contribution in [0.25, 0.3) is 0 Å². The average Bonchev–Trinajstić information content (AvgIpc) is 3.25. The monoisotopic (exact) mass is 538 g/mol. The Bertz CT molecular complexity index is 1450. The van der Waals surface area contributed by atoms with Gasteiger partial charge in [-0.2, -0.15) is 0 Å². The molecule has 0 spiro atoms. The number of rotatable bonds is 6. The van der Waals surface area contributed by atoms with Gasteiger partial charge in [0.15, 0.2) is 6.61 Å². The average molecular weight is 539 g/mol. The third-order valence-corrected chi connectivity index (χ3v) is 8.15. The molecule has 1 fully saturated rings. The van der Waals surface area contributed by atoms with Crippen molar-refractivity contribution in [3.05, 3.63) is 101 Å². The minimum absolute atomic E-state index is 0.275. The van der Waals surface area contributed by atoms with E-state index >= 15 is 0 Å². The molecule has 3 atom stereocenters. The molecule has 2 bridgehead atoms. The SMILES string of the molecule is COC(=O)c1ccc(NC(=O)COC(=O)[C@H](C)N2C(=O)[C@H]3C4c5ccccc5C(c5ccccc54)[C@@H]3C2=O)cc1. The fraction of sp³-hybridized carbons (Fsp3) is 0.258. The summed E-state index contributed by atoms with van der Waals surface area (Å²) in [6.07, 6.45) is 0. The van der Waals surface area contributed by atoms with Gasteiger partial charge in [0.2, 0.25) is 11.8 Å². The number of imide groups is 1. The van der Waals surface area contributed by atoms with Crippen LogP contribution in [0.15, 0.2) is 72.8 Å². The first-order valence-electron chi connectivity index (χ1n) is 13.0. The van der Waals surface area contributed by atoms with Gasteiger partial charge in [-0.1, -0.05) is 48.5 Å². The number of benzene rings is 3. The molecule has 1 heterocycles. The summed E-state index contributed by atoms with van der Waals surface area (Å²) >= 11 is 0. The third kappa shape index (κ3) is 3.88. The van der Waals surface area contributed by atoms with Gasteiger partial charge in [0.05, 0.1) is 24.5 Å². The highest BCUT2D eigenvalue weighted by Crippen LogP contribution is 2.61. The molecule has 9 heteroatoms. The van der Waals surface area contributed by atoms with E-state index in [4.69, 9.17) is 4.74 Å². The van der Waals surface area contributed by atoms with Gasteiger partial charge in [-0.05, 0) is 53.4 Å². The Kier molecular flexibility index (Phi) is 6.21. The molecular formula is C31H26N2O7. The Hall–Kier alpha value is -4.79. The van der Waals surface area contributed by atoms with Crippen LogP contribution in [0.3, 0.4) is 0 Å². The van der Waals surface area contributed by atoms with Crippen molar-refractivity contribution in [2.75, 3.05) is 19.0 Å². The fourth-order valence-corrected chi connectivity index (χ4v) is 6.45. The Morgan fingerprint density at radius 1 is 0.800 bits per heavy atom. The van der Waals surface area contributed by atoms with Crippen LogP contribution >= 0.6 is 0 Å². The van der Waals surface area contributed by atoms with Gasteiger partial charge in [-0.25, -0.2) is 9.59 Å². The molecule has 0 unspecified atom stereocenters. The van der Waals surface area contributed by atoms with E-state index in [1.54, 1.807) is 0 Å². The first-order valence-corrected chi connectivity index (χ1v) is 13.0. The molecule has 3 aromatic carbocycles. The third-order valence-electron chi connectivity index (χ3n) is 8.15. The van der Waals surface area contributed by atoms with Crippen molar-refractivity contribution in [3.8, 4) is 0 Å². The van der Waals surface area contributed by atoms with Gasteiger partial charge in [0.1, 0.15) is 6.04 Å². The summed E-state index contributed by atoms with van der Waals surface area (Å²) in [6.45, 7) is 0.842. The van der Waals surface area contributed by atoms with E-state index in [9.17, 15) is 24.0 Å². The first kappa shape index (κ1) is 25.5. The van der Waals surface area contributed by atoms with Crippen molar-refractivity contribution >= 4 is 35.3 Å². The number of amides is 3. The number of nitrogens with one attached hydrogen (secondary N) is 1. The van der Waals surface area contributed by atoms with Crippen LogP contribution in [0.5, 0.6) is 0 Å². The molecule has 0 radical (unpaired) electrons. The molecule has 3 aromatic rings. The molecule has 9 nitrogen and oxygen atoms in total. The maximum Gasteiger partial charge on any atom is 0.337 e. The molecule has 1 saturated heterocycles. The van der Waals surface area contributed by atoms with Crippen molar-refractivity contribution in [2.45, 2.75) is 24.8 Å². The molecule has 40 heavy (non-hydrogen) atoms. The number of anilines is 1. The standard InChI is InChI=1S/C31H26N2O7/c1-16(30(37)40-15-23(34)32-18-13-11-17(12-14-18)31(38)39-2)33-28(35)26-24-19-7-3-4-8-20(19)25(27(26)29(33)36)22-10-6-5-9-21(22)24/h3-14,16,24-27H,15H2,1-2H3,(H,32,34)/t16-,24?,25?,26-,27-/m0/s1. The van der Waals surface area contributed by atoms with Crippen LogP contribution in [-0.4, -0.2) is 54.3 Å². The molecule has 4 aliphatic rings. The van der Waals surface area contributed by atoms with Crippen LogP contribution in [0.1, 0.15) is 51.4 Å². The van der Waals surface area contributed by atoms with E-state index in [2.05, 4.69) is 10.1 Å². The number of methoxy groups -OCH3 is 1. The number of esters is 2. The number of ether oxygens (including phenoxy) is 2. The molecule has 7 rings (SSSR count). The second-order valence-corrected chi connectivity index (χ2v) is 10.2. The molecular weight excluding hydrogens is 512 g/mol. The van der Waals surface area contributed by atoms with E-state index < -0.39 is 54.1 Å². The predicted octanol–water partition coefficient (Wildman–Crippen LogP) is 3.24. The normalized spacial score (nSPS) is 22.6. The number of carbonyl (C=O) groups is 5. The van der Waals surface area contributed by atoms with Crippen molar-refractivity contribution in [3.63, 3.8) is 0 Å². The van der Waals surface area contributed by atoms with E-state index in [0.717, 1.165) is 27.2 Å². The van der Waals surface area contributed by atoms with Crippen molar-refractivity contribution in [1.29, 1.82) is 0 Å². The molecule has 1 N–H and O–H groups in total. The van der Waals surface area contributed by atoms with Gasteiger partial charge < -0.3 is 14.8 Å². The Morgan fingerprint density at radius 3 is 1.73 bits per heavy atom. The highest BCUT2D eigenvalue weighted by molar-refractivity contribution is 6.10. The van der Waals surface area contributed by atoms with Crippen LogP contribution in [0.4, 0.5) is 5.69 Å². The number of likely N-dealkylation sites (tertiary alicyclic amines) is 1. The first-order chi connectivity index (χ1) is 19.3. The van der Waals surface area contributed by atoms with E-state index in [0.29, 0.717) is 11.3 Å². The van der Waals surface area contributed by atoms with Gasteiger partial charge in [-0.3, -0.25) is 19.3 Å². The van der Waals surface area contributed by atoms with E-state index in [-0.39, 0.29) is 11.8 Å². The largest absolute Gasteiger partial charge is 0.465 e. The summed E-state index contributed by atoms with van der Waals surface area (Å²) in [6, 6.07) is 20.6. The summed E-state index contributed by atoms with van der Waals surface area (Å²) in [5.41, 5.74) is 4.89. The lowest BCUT2D eigenvalue weighted by Crippen LogP contribution is -2.45. The van der Waals surface area contributed by atoms with Gasteiger partial charge >= 0.3 is 11.9 Å². The highest BCUT2D eigenvalue weighted by Gasteiger charge is 2.62. The summed E-state index contributed by atoms with van der Waals surface area (Å²) in [7, 11) is 1.27. The van der Waals surface area contributed by atoms with Gasteiger partial charge in [-0.15, -0.1) is 0 Å². The van der Waals surface area contributed by atoms with Crippen LogP contribution in [-0.2, 0) is 28.7 Å².